The maximum Gasteiger partial charge on any atom is 0.171 e. The van der Waals surface area contributed by atoms with Crippen molar-refractivity contribution in [1.82, 2.24) is 10.3 Å². The first-order chi connectivity index (χ1) is 9.85. The van der Waals surface area contributed by atoms with Gasteiger partial charge in [0.1, 0.15) is 0 Å². The molecule has 0 saturated carbocycles. The Balaban J connectivity index is 2.10. The summed E-state index contributed by atoms with van der Waals surface area (Å²) in [6.07, 6.45) is 5.52. The number of piperidine rings is 1. The van der Waals surface area contributed by atoms with Gasteiger partial charge in [0.05, 0.1) is 6.61 Å². The van der Waals surface area contributed by atoms with Crippen LogP contribution in [-0.2, 0) is 0 Å². The summed E-state index contributed by atoms with van der Waals surface area (Å²) >= 11 is 0. The van der Waals surface area contributed by atoms with Crippen LogP contribution < -0.4 is 15.0 Å². The Hall–Kier alpha value is -1.29. The second-order valence-electron chi connectivity index (χ2n) is 5.40. The largest absolute Gasteiger partial charge is 0.490 e. The van der Waals surface area contributed by atoms with Gasteiger partial charge in [-0.05, 0) is 57.3 Å². The zero-order valence-electron chi connectivity index (χ0n) is 12.8. The lowest BCUT2D eigenvalue weighted by molar-refractivity contribution is 0.335. The van der Waals surface area contributed by atoms with E-state index in [0.29, 0.717) is 6.61 Å². The van der Waals surface area contributed by atoms with Gasteiger partial charge in [-0.1, -0.05) is 6.92 Å². The van der Waals surface area contributed by atoms with E-state index >= 15 is 0 Å². The van der Waals surface area contributed by atoms with Crippen LogP contribution in [0, 0.1) is 5.92 Å². The van der Waals surface area contributed by atoms with Crippen molar-refractivity contribution in [3.05, 3.63) is 18.3 Å². The van der Waals surface area contributed by atoms with Gasteiger partial charge in [-0.15, -0.1) is 0 Å². The number of pyridine rings is 1. The smallest absolute Gasteiger partial charge is 0.171 e. The summed E-state index contributed by atoms with van der Waals surface area (Å²) in [7, 11) is 0. The van der Waals surface area contributed by atoms with Crippen molar-refractivity contribution in [3.63, 3.8) is 0 Å². The minimum Gasteiger partial charge on any atom is -0.490 e. The van der Waals surface area contributed by atoms with Gasteiger partial charge >= 0.3 is 0 Å². The molecule has 1 aliphatic heterocycles. The molecule has 112 valence electrons. The van der Waals surface area contributed by atoms with E-state index in [4.69, 9.17) is 4.74 Å². The first-order valence-corrected chi connectivity index (χ1v) is 7.88. The molecule has 1 aromatic rings. The van der Waals surface area contributed by atoms with Crippen LogP contribution in [0.15, 0.2) is 18.3 Å². The number of hydrogen-bond acceptors (Lipinski definition) is 4. The Bertz CT molecular complexity index is 391. The summed E-state index contributed by atoms with van der Waals surface area (Å²) in [6, 6.07) is 3.97. The van der Waals surface area contributed by atoms with E-state index in [9.17, 15) is 0 Å². The SMILES string of the molecule is CCCN(CC1CCNCC1)c1ncccc1OCC. The second kappa shape index (κ2) is 8.10. The molecule has 0 aliphatic carbocycles. The molecule has 1 aliphatic rings. The van der Waals surface area contributed by atoms with Gasteiger partial charge in [0.25, 0.3) is 0 Å². The maximum atomic E-state index is 5.74. The predicted molar refractivity (Wildman–Crippen MR) is 83.5 cm³/mol. The van der Waals surface area contributed by atoms with Crippen molar-refractivity contribution in [2.45, 2.75) is 33.1 Å². The fourth-order valence-corrected chi connectivity index (χ4v) is 2.82. The summed E-state index contributed by atoms with van der Waals surface area (Å²) < 4.78 is 5.74. The molecule has 0 atom stereocenters. The van der Waals surface area contributed by atoms with E-state index in [2.05, 4.69) is 22.1 Å². The Labute approximate surface area is 122 Å². The summed E-state index contributed by atoms with van der Waals surface area (Å²) in [5.74, 6) is 2.69. The standard InChI is InChI=1S/C16H27N3O/c1-3-12-19(13-14-7-10-17-11-8-14)16-15(20-4-2)6-5-9-18-16/h5-6,9,14,17H,3-4,7-8,10-13H2,1-2H3. The highest BCUT2D eigenvalue weighted by Gasteiger charge is 2.19. The third-order valence-corrected chi connectivity index (χ3v) is 3.78. The number of anilines is 1. The van der Waals surface area contributed by atoms with Crippen LogP contribution in [0.2, 0.25) is 0 Å². The molecule has 0 amide bonds. The van der Waals surface area contributed by atoms with Crippen molar-refractivity contribution in [2.75, 3.05) is 37.7 Å². The normalized spacial score (nSPS) is 16.1. The van der Waals surface area contributed by atoms with Crippen LogP contribution in [0.5, 0.6) is 5.75 Å². The van der Waals surface area contributed by atoms with Crippen LogP contribution in [-0.4, -0.2) is 37.8 Å². The zero-order valence-corrected chi connectivity index (χ0v) is 12.8. The number of aromatic nitrogens is 1. The Kier molecular flexibility index (Phi) is 6.12. The molecular formula is C16H27N3O. The molecule has 1 N–H and O–H groups in total. The average molecular weight is 277 g/mol. The molecule has 2 heterocycles. The molecule has 1 saturated heterocycles. The third kappa shape index (κ3) is 4.10. The molecule has 0 radical (unpaired) electrons. The second-order valence-corrected chi connectivity index (χ2v) is 5.40. The maximum absolute atomic E-state index is 5.74. The average Bonchev–Trinajstić information content (AvgIpc) is 2.49. The highest BCUT2D eigenvalue weighted by atomic mass is 16.5. The zero-order chi connectivity index (χ0) is 14.2. The Morgan fingerprint density at radius 3 is 2.85 bits per heavy atom. The molecule has 0 aromatic carbocycles. The lowest BCUT2D eigenvalue weighted by Gasteiger charge is -2.31. The number of nitrogens with zero attached hydrogens (tertiary/aromatic N) is 2. The van der Waals surface area contributed by atoms with Crippen molar-refractivity contribution >= 4 is 5.82 Å². The van der Waals surface area contributed by atoms with Crippen molar-refractivity contribution < 1.29 is 4.74 Å². The molecule has 0 bridgehead atoms. The molecule has 1 fully saturated rings. The quantitative estimate of drug-likeness (QED) is 0.831. The van der Waals surface area contributed by atoms with Crippen LogP contribution in [0.4, 0.5) is 5.82 Å². The summed E-state index contributed by atoms with van der Waals surface area (Å²) in [4.78, 5) is 6.97. The van der Waals surface area contributed by atoms with E-state index in [-0.39, 0.29) is 0 Å². The van der Waals surface area contributed by atoms with Crippen LogP contribution >= 0.6 is 0 Å². The fraction of sp³-hybridized carbons (Fsp3) is 0.688. The number of hydrogen-bond donors (Lipinski definition) is 1. The lowest BCUT2D eigenvalue weighted by atomic mass is 9.97. The summed E-state index contributed by atoms with van der Waals surface area (Å²) in [5.41, 5.74) is 0. The van der Waals surface area contributed by atoms with E-state index in [0.717, 1.165) is 50.1 Å². The van der Waals surface area contributed by atoms with Gasteiger partial charge < -0.3 is 15.0 Å². The van der Waals surface area contributed by atoms with Crippen LogP contribution in [0.25, 0.3) is 0 Å². The number of ether oxygens (including phenoxy) is 1. The monoisotopic (exact) mass is 277 g/mol. The van der Waals surface area contributed by atoms with Gasteiger partial charge in [-0.2, -0.15) is 0 Å². The van der Waals surface area contributed by atoms with Gasteiger partial charge in [0.15, 0.2) is 11.6 Å². The fourth-order valence-electron chi connectivity index (χ4n) is 2.82. The van der Waals surface area contributed by atoms with E-state index in [1.807, 2.05) is 25.3 Å². The molecule has 4 nitrogen and oxygen atoms in total. The number of nitrogens with one attached hydrogen (secondary N) is 1. The molecule has 2 rings (SSSR count). The van der Waals surface area contributed by atoms with Crippen LogP contribution in [0.1, 0.15) is 33.1 Å². The van der Waals surface area contributed by atoms with Gasteiger partial charge in [-0.3, -0.25) is 0 Å². The van der Waals surface area contributed by atoms with Crippen molar-refractivity contribution in [2.24, 2.45) is 5.92 Å². The van der Waals surface area contributed by atoms with Gasteiger partial charge in [-0.25, -0.2) is 4.98 Å². The van der Waals surface area contributed by atoms with Crippen molar-refractivity contribution in [3.8, 4) is 5.75 Å². The van der Waals surface area contributed by atoms with E-state index in [1.165, 1.54) is 12.8 Å². The first kappa shape index (κ1) is 15.1. The molecule has 0 unspecified atom stereocenters. The topological polar surface area (TPSA) is 37.4 Å². The summed E-state index contributed by atoms with van der Waals surface area (Å²) in [5, 5.41) is 3.43. The lowest BCUT2D eigenvalue weighted by Crippen LogP contribution is -2.37. The third-order valence-electron chi connectivity index (χ3n) is 3.78. The highest BCUT2D eigenvalue weighted by molar-refractivity contribution is 5.52. The van der Waals surface area contributed by atoms with Crippen molar-refractivity contribution in [1.29, 1.82) is 0 Å². The predicted octanol–water partition coefficient (Wildman–Crippen LogP) is 2.70. The minimum absolute atomic E-state index is 0.687. The van der Waals surface area contributed by atoms with Gasteiger partial charge in [0.2, 0.25) is 0 Å². The minimum atomic E-state index is 0.687. The summed E-state index contributed by atoms with van der Waals surface area (Å²) in [6.45, 7) is 9.35. The molecule has 1 aromatic heterocycles. The van der Waals surface area contributed by atoms with Crippen LogP contribution in [0.3, 0.4) is 0 Å². The Morgan fingerprint density at radius 1 is 1.35 bits per heavy atom. The molecule has 4 heteroatoms. The number of rotatable bonds is 7. The highest BCUT2D eigenvalue weighted by Crippen LogP contribution is 2.27. The molecule has 20 heavy (non-hydrogen) atoms. The van der Waals surface area contributed by atoms with Gasteiger partial charge in [0, 0.05) is 19.3 Å². The van der Waals surface area contributed by atoms with E-state index in [1.54, 1.807) is 0 Å². The van der Waals surface area contributed by atoms with E-state index < -0.39 is 0 Å². The molecular weight excluding hydrogens is 250 g/mol. The molecule has 0 spiro atoms. The first-order valence-electron chi connectivity index (χ1n) is 7.88. The Morgan fingerprint density at radius 2 is 2.15 bits per heavy atom.